The second-order valence-corrected chi connectivity index (χ2v) is 6.87. The van der Waals surface area contributed by atoms with Crippen LogP contribution in [-0.2, 0) is 0 Å². The highest BCUT2D eigenvalue weighted by Crippen LogP contribution is 2.32. The first-order valence-electron chi connectivity index (χ1n) is 8.68. The van der Waals surface area contributed by atoms with E-state index in [1.165, 1.54) is 51.7 Å². The minimum atomic E-state index is 0.210. The summed E-state index contributed by atoms with van der Waals surface area (Å²) in [6, 6.07) is 0.662. The van der Waals surface area contributed by atoms with Gasteiger partial charge in [-0.3, -0.25) is 4.90 Å². The quantitative estimate of drug-likeness (QED) is 0.780. The first-order valence-corrected chi connectivity index (χ1v) is 8.68. The molecule has 0 saturated carbocycles. The Balaban J connectivity index is 2.96. The number of hydrogen-bond acceptors (Lipinski definition) is 3. The number of nitrogens with two attached hydrogens (primary N) is 1. The van der Waals surface area contributed by atoms with Crippen molar-refractivity contribution in [1.29, 1.82) is 0 Å². The predicted molar refractivity (Wildman–Crippen MR) is 89.0 cm³/mol. The Kier molecular flexibility index (Phi) is 7.49. The van der Waals surface area contributed by atoms with Crippen LogP contribution in [-0.4, -0.2) is 54.6 Å². The van der Waals surface area contributed by atoms with E-state index in [0.29, 0.717) is 6.04 Å². The molecule has 1 aliphatic rings. The van der Waals surface area contributed by atoms with E-state index in [4.69, 9.17) is 5.73 Å². The Labute approximate surface area is 126 Å². The molecule has 20 heavy (non-hydrogen) atoms. The number of rotatable bonds is 7. The summed E-state index contributed by atoms with van der Waals surface area (Å²) in [5.74, 6) is 0.761. The zero-order valence-corrected chi connectivity index (χ0v) is 14.5. The molecule has 1 saturated heterocycles. The van der Waals surface area contributed by atoms with Gasteiger partial charge < -0.3 is 10.6 Å². The van der Waals surface area contributed by atoms with Crippen molar-refractivity contribution >= 4 is 0 Å². The topological polar surface area (TPSA) is 32.5 Å². The highest BCUT2D eigenvalue weighted by molar-refractivity contribution is 4.96. The first-order chi connectivity index (χ1) is 9.52. The van der Waals surface area contributed by atoms with E-state index in [9.17, 15) is 0 Å². The molecular weight excluding hydrogens is 246 g/mol. The molecule has 0 aromatic heterocycles. The highest BCUT2D eigenvalue weighted by atomic mass is 15.3. The van der Waals surface area contributed by atoms with Gasteiger partial charge in [-0.05, 0) is 45.2 Å². The number of nitrogens with zero attached hydrogens (tertiary/aromatic N) is 2. The number of likely N-dealkylation sites (N-methyl/N-ethyl adjacent to an activating group) is 1. The normalized spacial score (nSPS) is 27.0. The van der Waals surface area contributed by atoms with Crippen LogP contribution in [0.4, 0.5) is 0 Å². The zero-order chi connectivity index (χ0) is 15.2. The molecule has 1 rings (SSSR count). The average Bonchev–Trinajstić information content (AvgIpc) is 2.66. The molecule has 0 bridgehead atoms. The molecule has 2 N–H and O–H groups in total. The Morgan fingerprint density at radius 1 is 1.25 bits per heavy atom. The summed E-state index contributed by atoms with van der Waals surface area (Å²) in [6.45, 7) is 13.8. The lowest BCUT2D eigenvalue weighted by Gasteiger charge is -2.48. The van der Waals surface area contributed by atoms with Crippen LogP contribution in [0.3, 0.4) is 0 Å². The summed E-state index contributed by atoms with van der Waals surface area (Å²) in [4.78, 5) is 5.27. The summed E-state index contributed by atoms with van der Waals surface area (Å²) in [5, 5.41) is 0. The molecule has 3 nitrogen and oxygen atoms in total. The summed E-state index contributed by atoms with van der Waals surface area (Å²) < 4.78 is 0. The van der Waals surface area contributed by atoms with E-state index in [1.54, 1.807) is 0 Å². The molecule has 3 atom stereocenters. The summed E-state index contributed by atoms with van der Waals surface area (Å²) in [7, 11) is 2.26. The van der Waals surface area contributed by atoms with Crippen LogP contribution in [0.2, 0.25) is 0 Å². The summed E-state index contributed by atoms with van der Waals surface area (Å²) in [6.07, 6.45) is 6.18. The van der Waals surface area contributed by atoms with Gasteiger partial charge in [-0.15, -0.1) is 0 Å². The molecule has 0 radical (unpaired) electrons. The van der Waals surface area contributed by atoms with Gasteiger partial charge in [-0.2, -0.15) is 0 Å². The largest absolute Gasteiger partial charge is 0.329 e. The first kappa shape index (κ1) is 17.9. The third kappa shape index (κ3) is 4.19. The summed E-state index contributed by atoms with van der Waals surface area (Å²) >= 11 is 0. The standard InChI is InChI=1S/C17H37N3/c1-6-15(4)12-17(8-3,14-18)20-11-9-10-19(5)13-16(20)7-2/h15-16H,6-14,18H2,1-5H3. The third-order valence-corrected chi connectivity index (χ3v) is 5.45. The van der Waals surface area contributed by atoms with E-state index in [-0.39, 0.29) is 5.54 Å². The summed E-state index contributed by atoms with van der Waals surface area (Å²) in [5.41, 5.74) is 6.51. The van der Waals surface area contributed by atoms with E-state index in [0.717, 1.165) is 12.5 Å². The van der Waals surface area contributed by atoms with Crippen molar-refractivity contribution < 1.29 is 0 Å². The van der Waals surface area contributed by atoms with Gasteiger partial charge in [0.15, 0.2) is 0 Å². The van der Waals surface area contributed by atoms with Crippen LogP contribution >= 0.6 is 0 Å². The molecule has 0 spiro atoms. The Morgan fingerprint density at radius 2 is 1.95 bits per heavy atom. The maximum Gasteiger partial charge on any atom is 0.0335 e. The second-order valence-electron chi connectivity index (χ2n) is 6.87. The van der Waals surface area contributed by atoms with Gasteiger partial charge in [0, 0.05) is 31.2 Å². The maximum absolute atomic E-state index is 6.30. The fraction of sp³-hybridized carbons (Fsp3) is 1.00. The lowest BCUT2D eigenvalue weighted by molar-refractivity contribution is 0.0256. The van der Waals surface area contributed by atoms with Crippen molar-refractivity contribution in [3.63, 3.8) is 0 Å². The maximum atomic E-state index is 6.30. The molecule has 1 fully saturated rings. The van der Waals surface area contributed by atoms with Gasteiger partial charge >= 0.3 is 0 Å². The molecule has 3 unspecified atom stereocenters. The van der Waals surface area contributed by atoms with Crippen LogP contribution in [0.25, 0.3) is 0 Å². The molecule has 0 aromatic rings. The van der Waals surface area contributed by atoms with Crippen molar-refractivity contribution in [3.05, 3.63) is 0 Å². The zero-order valence-electron chi connectivity index (χ0n) is 14.5. The number of hydrogen-bond donors (Lipinski definition) is 1. The van der Waals surface area contributed by atoms with Crippen molar-refractivity contribution in [2.45, 2.75) is 71.4 Å². The molecule has 0 aliphatic carbocycles. The van der Waals surface area contributed by atoms with Crippen LogP contribution in [0, 0.1) is 5.92 Å². The fourth-order valence-corrected chi connectivity index (χ4v) is 3.82. The van der Waals surface area contributed by atoms with Crippen molar-refractivity contribution in [3.8, 4) is 0 Å². The SMILES string of the molecule is CCC(C)CC(CC)(CN)N1CCCN(C)CC1CC. The lowest BCUT2D eigenvalue weighted by atomic mass is 9.81. The molecule has 3 heteroatoms. The van der Waals surface area contributed by atoms with E-state index >= 15 is 0 Å². The van der Waals surface area contributed by atoms with Gasteiger partial charge in [-0.1, -0.05) is 34.1 Å². The van der Waals surface area contributed by atoms with Crippen LogP contribution < -0.4 is 5.73 Å². The Bertz CT molecular complexity index is 263. The third-order valence-electron chi connectivity index (χ3n) is 5.45. The van der Waals surface area contributed by atoms with Crippen LogP contribution in [0.5, 0.6) is 0 Å². The molecule has 1 heterocycles. The lowest BCUT2D eigenvalue weighted by Crippen LogP contribution is -2.59. The van der Waals surface area contributed by atoms with Gasteiger partial charge in [-0.25, -0.2) is 0 Å². The van der Waals surface area contributed by atoms with E-state index in [1.807, 2.05) is 0 Å². The van der Waals surface area contributed by atoms with Crippen LogP contribution in [0.1, 0.15) is 59.8 Å². The van der Waals surface area contributed by atoms with Crippen LogP contribution in [0.15, 0.2) is 0 Å². The molecule has 120 valence electrons. The molecule has 0 amide bonds. The predicted octanol–water partition coefficient (Wildman–Crippen LogP) is 2.95. The smallest absolute Gasteiger partial charge is 0.0335 e. The van der Waals surface area contributed by atoms with E-state index in [2.05, 4.69) is 44.5 Å². The van der Waals surface area contributed by atoms with Crippen molar-refractivity contribution in [1.82, 2.24) is 9.80 Å². The average molecular weight is 284 g/mol. The van der Waals surface area contributed by atoms with Gasteiger partial charge in [0.2, 0.25) is 0 Å². The monoisotopic (exact) mass is 283 g/mol. The van der Waals surface area contributed by atoms with Gasteiger partial charge in [0.05, 0.1) is 0 Å². The second kappa shape index (κ2) is 8.35. The van der Waals surface area contributed by atoms with Gasteiger partial charge in [0.25, 0.3) is 0 Å². The minimum absolute atomic E-state index is 0.210. The molecule has 0 aromatic carbocycles. The fourth-order valence-electron chi connectivity index (χ4n) is 3.82. The Hall–Kier alpha value is -0.120. The van der Waals surface area contributed by atoms with Crippen molar-refractivity contribution in [2.75, 3.05) is 33.2 Å². The molecular formula is C17H37N3. The van der Waals surface area contributed by atoms with Gasteiger partial charge in [0.1, 0.15) is 0 Å². The minimum Gasteiger partial charge on any atom is -0.329 e. The molecule has 1 aliphatic heterocycles. The van der Waals surface area contributed by atoms with E-state index < -0.39 is 0 Å². The highest BCUT2D eigenvalue weighted by Gasteiger charge is 2.39. The van der Waals surface area contributed by atoms with Crippen molar-refractivity contribution in [2.24, 2.45) is 11.7 Å². The Morgan fingerprint density at radius 3 is 2.45 bits per heavy atom.